The van der Waals surface area contributed by atoms with Crippen LogP contribution in [0.2, 0.25) is 5.02 Å². The third-order valence-electron chi connectivity index (χ3n) is 4.68. The number of halogens is 1. The van der Waals surface area contributed by atoms with Crippen LogP contribution in [0.15, 0.2) is 39.7 Å². The minimum absolute atomic E-state index is 0.0508. The van der Waals surface area contributed by atoms with Gasteiger partial charge in [0.25, 0.3) is 5.91 Å². The van der Waals surface area contributed by atoms with E-state index in [4.69, 9.17) is 11.6 Å². The zero-order valence-electron chi connectivity index (χ0n) is 13.1. The van der Waals surface area contributed by atoms with Gasteiger partial charge in [-0.2, -0.15) is 0 Å². The molecule has 0 aromatic carbocycles. The first-order chi connectivity index (χ1) is 11.7. The molecule has 2 bridgehead atoms. The molecule has 0 aliphatic carbocycles. The second-order valence-electron chi connectivity index (χ2n) is 6.28. The third-order valence-corrected chi connectivity index (χ3v) is 7.06. The average molecular weight is 380 g/mol. The molecular weight excluding hydrogens is 362 g/mol. The Morgan fingerprint density at radius 1 is 1.33 bits per heavy atom. The van der Waals surface area contributed by atoms with E-state index in [1.165, 1.54) is 37.3 Å². The van der Waals surface area contributed by atoms with Crippen molar-refractivity contribution in [3.63, 3.8) is 0 Å². The van der Waals surface area contributed by atoms with Gasteiger partial charge in [-0.15, -0.1) is 11.3 Å². The van der Waals surface area contributed by atoms with E-state index in [1.807, 2.05) is 18.2 Å². The average Bonchev–Trinajstić information content (AvgIpc) is 3.05. The molecule has 3 saturated heterocycles. The molecule has 7 heteroatoms. The van der Waals surface area contributed by atoms with Crippen molar-refractivity contribution in [2.75, 3.05) is 19.6 Å². The third kappa shape index (κ3) is 3.61. The normalized spacial score (nSPS) is 25.6. The summed E-state index contributed by atoms with van der Waals surface area (Å²) in [5, 5.41) is 3.86. The molecule has 0 radical (unpaired) electrons. The van der Waals surface area contributed by atoms with Gasteiger partial charge in [-0.3, -0.25) is 9.78 Å². The first-order valence-corrected chi connectivity index (χ1v) is 10.1. The maximum absolute atomic E-state index is 12.5. The van der Waals surface area contributed by atoms with Crippen LogP contribution in [-0.4, -0.2) is 41.5 Å². The molecular formula is C17H18ClN3OS2. The molecule has 5 rings (SSSR count). The van der Waals surface area contributed by atoms with E-state index in [9.17, 15) is 4.79 Å². The molecule has 3 aliphatic rings. The molecule has 0 saturated carbocycles. The quantitative estimate of drug-likeness (QED) is 0.878. The predicted octanol–water partition coefficient (Wildman–Crippen LogP) is 3.77. The Balaban J connectivity index is 1.40. The van der Waals surface area contributed by atoms with Crippen molar-refractivity contribution in [3.8, 4) is 0 Å². The van der Waals surface area contributed by atoms with E-state index in [2.05, 4.69) is 15.2 Å². The number of thiophene rings is 1. The molecule has 3 aliphatic heterocycles. The van der Waals surface area contributed by atoms with Crippen LogP contribution < -0.4 is 5.32 Å². The SMILES string of the molecule is O=C(NC1CN2CCC1CC2)c1ccc(Sc2cncc(Cl)c2)s1. The molecule has 1 atom stereocenters. The highest BCUT2D eigenvalue weighted by atomic mass is 35.5. The van der Waals surface area contributed by atoms with Crippen LogP contribution >= 0.6 is 34.7 Å². The second-order valence-corrected chi connectivity index (χ2v) is 9.17. The molecule has 126 valence electrons. The van der Waals surface area contributed by atoms with Crippen LogP contribution in [0.3, 0.4) is 0 Å². The number of carbonyl (C=O) groups is 1. The van der Waals surface area contributed by atoms with E-state index in [0.717, 1.165) is 20.5 Å². The standard InChI is InChI=1S/C17H18ClN3OS2/c18-12-7-13(9-19-8-12)23-16-2-1-15(24-16)17(22)20-14-10-21-5-3-11(14)4-6-21/h1-2,7-9,11,14H,3-6,10H2,(H,20,22). The Hall–Kier alpha value is -1.08. The largest absolute Gasteiger partial charge is 0.347 e. The summed E-state index contributed by atoms with van der Waals surface area (Å²) in [6, 6.07) is 6.07. The lowest BCUT2D eigenvalue weighted by Crippen LogP contribution is -2.57. The number of carbonyl (C=O) groups excluding carboxylic acids is 1. The Morgan fingerprint density at radius 3 is 2.88 bits per heavy atom. The fourth-order valence-corrected chi connectivity index (χ4v) is 5.70. The Morgan fingerprint density at radius 2 is 2.17 bits per heavy atom. The molecule has 4 nitrogen and oxygen atoms in total. The summed E-state index contributed by atoms with van der Waals surface area (Å²) < 4.78 is 1.07. The van der Waals surface area contributed by atoms with E-state index < -0.39 is 0 Å². The lowest BCUT2D eigenvalue weighted by Gasteiger charge is -2.44. The van der Waals surface area contributed by atoms with Crippen LogP contribution in [0.5, 0.6) is 0 Å². The fourth-order valence-electron chi connectivity index (χ4n) is 3.43. The molecule has 1 unspecified atom stereocenters. The predicted molar refractivity (Wildman–Crippen MR) is 98.1 cm³/mol. The van der Waals surface area contributed by atoms with Gasteiger partial charge in [0.2, 0.25) is 0 Å². The van der Waals surface area contributed by atoms with Crippen molar-refractivity contribution in [2.45, 2.75) is 28.0 Å². The van der Waals surface area contributed by atoms with Crippen molar-refractivity contribution in [1.29, 1.82) is 0 Å². The molecule has 1 N–H and O–H groups in total. The first kappa shape index (κ1) is 16.4. The van der Waals surface area contributed by atoms with Gasteiger partial charge in [-0.05, 0) is 50.0 Å². The topological polar surface area (TPSA) is 45.2 Å². The van der Waals surface area contributed by atoms with Crippen molar-refractivity contribution in [3.05, 3.63) is 40.5 Å². The van der Waals surface area contributed by atoms with Crippen molar-refractivity contribution >= 4 is 40.6 Å². The number of pyridine rings is 1. The number of nitrogens with one attached hydrogen (secondary N) is 1. The Bertz CT molecular complexity index is 743. The minimum atomic E-state index is 0.0508. The first-order valence-electron chi connectivity index (χ1n) is 8.09. The van der Waals surface area contributed by atoms with E-state index in [-0.39, 0.29) is 5.91 Å². The lowest BCUT2D eigenvalue weighted by molar-refractivity contribution is 0.0622. The number of fused-ring (bicyclic) bond motifs is 3. The maximum atomic E-state index is 12.5. The molecule has 3 fully saturated rings. The van der Waals surface area contributed by atoms with Gasteiger partial charge in [0.05, 0.1) is 14.1 Å². The Kier molecular flexibility index (Phi) is 4.81. The van der Waals surface area contributed by atoms with Gasteiger partial charge in [-0.25, -0.2) is 0 Å². The summed E-state index contributed by atoms with van der Waals surface area (Å²) in [5.41, 5.74) is 0. The van der Waals surface area contributed by atoms with Gasteiger partial charge >= 0.3 is 0 Å². The number of hydrogen-bond acceptors (Lipinski definition) is 5. The summed E-state index contributed by atoms with van der Waals surface area (Å²) in [7, 11) is 0. The molecule has 5 heterocycles. The summed E-state index contributed by atoms with van der Waals surface area (Å²) >= 11 is 9.06. The number of rotatable bonds is 4. The number of hydrogen-bond donors (Lipinski definition) is 1. The summed E-state index contributed by atoms with van der Waals surface area (Å²) in [5.74, 6) is 0.695. The number of amides is 1. The Labute approximate surface area is 154 Å². The number of aromatic nitrogens is 1. The van der Waals surface area contributed by atoms with Gasteiger partial charge in [0, 0.05) is 29.9 Å². The molecule has 1 amide bonds. The van der Waals surface area contributed by atoms with Gasteiger partial charge < -0.3 is 10.2 Å². The smallest absolute Gasteiger partial charge is 0.261 e. The van der Waals surface area contributed by atoms with Crippen LogP contribution in [0.25, 0.3) is 0 Å². The zero-order valence-corrected chi connectivity index (χ0v) is 15.5. The van der Waals surface area contributed by atoms with E-state index in [1.54, 1.807) is 24.2 Å². The van der Waals surface area contributed by atoms with Crippen molar-refractivity contribution < 1.29 is 4.79 Å². The monoisotopic (exact) mass is 379 g/mol. The number of piperidine rings is 3. The van der Waals surface area contributed by atoms with Crippen LogP contribution in [-0.2, 0) is 0 Å². The minimum Gasteiger partial charge on any atom is -0.347 e. The number of nitrogens with zero attached hydrogens (tertiary/aromatic N) is 2. The maximum Gasteiger partial charge on any atom is 0.261 e. The molecule has 2 aromatic heterocycles. The van der Waals surface area contributed by atoms with E-state index in [0.29, 0.717) is 17.0 Å². The summed E-state index contributed by atoms with van der Waals surface area (Å²) in [4.78, 5) is 20.8. The fraction of sp³-hybridized carbons (Fsp3) is 0.412. The van der Waals surface area contributed by atoms with Crippen LogP contribution in [0.1, 0.15) is 22.5 Å². The van der Waals surface area contributed by atoms with Crippen LogP contribution in [0.4, 0.5) is 0 Å². The van der Waals surface area contributed by atoms with Crippen molar-refractivity contribution in [2.24, 2.45) is 5.92 Å². The molecule has 0 spiro atoms. The lowest BCUT2D eigenvalue weighted by atomic mass is 9.84. The molecule has 2 aromatic rings. The zero-order chi connectivity index (χ0) is 16.5. The molecule has 24 heavy (non-hydrogen) atoms. The van der Waals surface area contributed by atoms with Gasteiger partial charge in [-0.1, -0.05) is 23.4 Å². The van der Waals surface area contributed by atoms with E-state index >= 15 is 0 Å². The van der Waals surface area contributed by atoms with Gasteiger partial charge in [0.1, 0.15) is 0 Å². The second kappa shape index (κ2) is 7.04. The highest BCUT2D eigenvalue weighted by Gasteiger charge is 2.35. The highest BCUT2D eigenvalue weighted by Crippen LogP contribution is 2.34. The van der Waals surface area contributed by atoms with Gasteiger partial charge in [0.15, 0.2) is 0 Å². The highest BCUT2D eigenvalue weighted by molar-refractivity contribution is 8.01. The summed E-state index contributed by atoms with van der Waals surface area (Å²) in [6.45, 7) is 3.37. The summed E-state index contributed by atoms with van der Waals surface area (Å²) in [6.07, 6.45) is 5.81. The van der Waals surface area contributed by atoms with Crippen molar-refractivity contribution in [1.82, 2.24) is 15.2 Å². The van der Waals surface area contributed by atoms with Crippen LogP contribution in [0, 0.1) is 5.92 Å².